The molecule has 1 aliphatic heterocycles. The van der Waals surface area contributed by atoms with E-state index >= 15 is 0 Å². The van der Waals surface area contributed by atoms with Crippen LogP contribution in [0.5, 0.6) is 0 Å². The molecular formula is C11H13BrO2S. The van der Waals surface area contributed by atoms with Crippen molar-refractivity contribution >= 4 is 33.0 Å². The quantitative estimate of drug-likeness (QED) is 0.796. The SMILES string of the molecule is O=C(CC1CCOCC1)c1ccc(Br)s1. The third-order valence-electron chi connectivity index (χ3n) is 2.66. The van der Waals surface area contributed by atoms with Crippen LogP contribution in [0.4, 0.5) is 0 Å². The molecule has 0 N–H and O–H groups in total. The predicted molar refractivity (Wildman–Crippen MR) is 64.5 cm³/mol. The molecule has 0 bridgehead atoms. The number of thiophene rings is 1. The smallest absolute Gasteiger partial charge is 0.173 e. The van der Waals surface area contributed by atoms with Crippen LogP contribution in [0.3, 0.4) is 0 Å². The van der Waals surface area contributed by atoms with Gasteiger partial charge in [0, 0.05) is 19.6 Å². The maximum Gasteiger partial charge on any atom is 0.173 e. The van der Waals surface area contributed by atoms with Crippen LogP contribution in [-0.2, 0) is 4.74 Å². The normalized spacial score (nSPS) is 17.9. The van der Waals surface area contributed by atoms with E-state index in [1.165, 1.54) is 11.3 Å². The van der Waals surface area contributed by atoms with Gasteiger partial charge in [-0.1, -0.05) is 0 Å². The molecule has 0 atom stereocenters. The molecule has 82 valence electrons. The summed E-state index contributed by atoms with van der Waals surface area (Å²) >= 11 is 4.89. The number of hydrogen-bond donors (Lipinski definition) is 0. The lowest BCUT2D eigenvalue weighted by molar-refractivity contribution is 0.0602. The lowest BCUT2D eigenvalue weighted by Gasteiger charge is -2.20. The predicted octanol–water partition coefficient (Wildman–Crippen LogP) is 3.51. The fraction of sp³-hybridized carbons (Fsp3) is 0.545. The van der Waals surface area contributed by atoms with Gasteiger partial charge in [-0.25, -0.2) is 0 Å². The first-order chi connectivity index (χ1) is 7.25. The van der Waals surface area contributed by atoms with Crippen LogP contribution >= 0.6 is 27.3 Å². The molecule has 0 saturated carbocycles. The third kappa shape index (κ3) is 3.13. The maximum absolute atomic E-state index is 11.9. The van der Waals surface area contributed by atoms with Gasteiger partial charge < -0.3 is 4.74 Å². The minimum absolute atomic E-state index is 0.276. The Morgan fingerprint density at radius 1 is 1.47 bits per heavy atom. The van der Waals surface area contributed by atoms with Crippen molar-refractivity contribution in [3.8, 4) is 0 Å². The zero-order chi connectivity index (χ0) is 10.7. The summed E-state index contributed by atoms with van der Waals surface area (Å²) in [6.07, 6.45) is 2.73. The summed E-state index contributed by atoms with van der Waals surface area (Å²) in [6.45, 7) is 1.62. The molecule has 2 rings (SSSR count). The van der Waals surface area contributed by atoms with E-state index in [4.69, 9.17) is 4.74 Å². The molecule has 1 aromatic rings. The third-order valence-corrected chi connectivity index (χ3v) is 4.33. The van der Waals surface area contributed by atoms with Gasteiger partial charge in [-0.3, -0.25) is 4.79 Å². The maximum atomic E-state index is 11.9. The Morgan fingerprint density at radius 2 is 2.20 bits per heavy atom. The van der Waals surface area contributed by atoms with Gasteiger partial charge >= 0.3 is 0 Å². The van der Waals surface area contributed by atoms with Crippen molar-refractivity contribution < 1.29 is 9.53 Å². The molecule has 15 heavy (non-hydrogen) atoms. The van der Waals surface area contributed by atoms with Crippen LogP contribution in [-0.4, -0.2) is 19.0 Å². The molecule has 1 saturated heterocycles. The molecule has 0 radical (unpaired) electrons. The minimum atomic E-state index is 0.276. The molecule has 4 heteroatoms. The Balaban J connectivity index is 1.91. The Kier molecular flexibility index (Phi) is 3.94. The van der Waals surface area contributed by atoms with Gasteiger partial charge in [0.2, 0.25) is 0 Å². The molecular weight excluding hydrogens is 276 g/mol. The number of ketones is 1. The summed E-state index contributed by atoms with van der Waals surface area (Å²) in [5.74, 6) is 0.796. The van der Waals surface area contributed by atoms with Crippen LogP contribution in [0.1, 0.15) is 28.9 Å². The fourth-order valence-electron chi connectivity index (χ4n) is 1.78. The van der Waals surface area contributed by atoms with E-state index in [0.717, 1.165) is 34.7 Å². The Labute approximate surface area is 102 Å². The van der Waals surface area contributed by atoms with E-state index in [2.05, 4.69) is 15.9 Å². The number of halogens is 1. The second kappa shape index (κ2) is 5.23. The van der Waals surface area contributed by atoms with E-state index in [1.807, 2.05) is 12.1 Å². The van der Waals surface area contributed by atoms with Gasteiger partial charge in [0.25, 0.3) is 0 Å². The zero-order valence-electron chi connectivity index (χ0n) is 8.37. The van der Waals surface area contributed by atoms with Gasteiger partial charge in [-0.05, 0) is 46.8 Å². The molecule has 1 fully saturated rings. The summed E-state index contributed by atoms with van der Waals surface area (Å²) in [7, 11) is 0. The lowest BCUT2D eigenvalue weighted by atomic mass is 9.94. The number of carbonyl (C=O) groups is 1. The number of ether oxygens (including phenoxy) is 1. The van der Waals surface area contributed by atoms with E-state index in [-0.39, 0.29) is 5.78 Å². The highest BCUT2D eigenvalue weighted by molar-refractivity contribution is 9.11. The molecule has 0 aliphatic carbocycles. The first-order valence-corrected chi connectivity index (χ1v) is 6.73. The first-order valence-electron chi connectivity index (χ1n) is 5.12. The largest absolute Gasteiger partial charge is 0.381 e. The topological polar surface area (TPSA) is 26.3 Å². The minimum Gasteiger partial charge on any atom is -0.381 e. The van der Waals surface area contributed by atoms with Gasteiger partial charge in [-0.2, -0.15) is 0 Å². The van der Waals surface area contributed by atoms with Crippen molar-refractivity contribution in [2.45, 2.75) is 19.3 Å². The van der Waals surface area contributed by atoms with Crippen molar-refractivity contribution in [1.82, 2.24) is 0 Å². The highest BCUT2D eigenvalue weighted by Crippen LogP contribution is 2.26. The molecule has 1 aliphatic rings. The summed E-state index contributed by atoms with van der Waals surface area (Å²) in [6, 6.07) is 3.83. The van der Waals surface area contributed by atoms with Crippen LogP contribution in [0.15, 0.2) is 15.9 Å². The molecule has 0 unspecified atom stereocenters. The van der Waals surface area contributed by atoms with Crippen LogP contribution in [0.25, 0.3) is 0 Å². The van der Waals surface area contributed by atoms with E-state index in [9.17, 15) is 4.79 Å². The van der Waals surface area contributed by atoms with Crippen molar-refractivity contribution in [1.29, 1.82) is 0 Å². The second-order valence-corrected chi connectivity index (χ2v) is 6.25. The summed E-state index contributed by atoms with van der Waals surface area (Å²) in [5.41, 5.74) is 0. The molecule has 0 spiro atoms. The molecule has 2 nitrogen and oxygen atoms in total. The molecule has 0 amide bonds. The van der Waals surface area contributed by atoms with Crippen molar-refractivity contribution in [2.24, 2.45) is 5.92 Å². The van der Waals surface area contributed by atoms with E-state index in [1.54, 1.807) is 0 Å². The number of carbonyl (C=O) groups excluding carboxylic acids is 1. The Hall–Kier alpha value is -0.190. The van der Waals surface area contributed by atoms with Crippen molar-refractivity contribution in [3.63, 3.8) is 0 Å². The Morgan fingerprint density at radius 3 is 2.80 bits per heavy atom. The van der Waals surface area contributed by atoms with Gasteiger partial charge in [-0.15, -0.1) is 11.3 Å². The monoisotopic (exact) mass is 288 g/mol. The second-order valence-electron chi connectivity index (χ2n) is 3.79. The van der Waals surface area contributed by atoms with Gasteiger partial charge in [0.05, 0.1) is 8.66 Å². The number of Topliss-reactive ketones (excluding diaryl/α,β-unsaturated/α-hetero) is 1. The molecule has 1 aromatic heterocycles. The van der Waals surface area contributed by atoms with Crippen molar-refractivity contribution in [2.75, 3.05) is 13.2 Å². The average molecular weight is 289 g/mol. The average Bonchev–Trinajstić information content (AvgIpc) is 2.66. The van der Waals surface area contributed by atoms with Crippen LogP contribution < -0.4 is 0 Å². The summed E-state index contributed by atoms with van der Waals surface area (Å²) < 4.78 is 6.30. The standard InChI is InChI=1S/C11H13BrO2S/c12-11-2-1-10(15-11)9(13)7-8-3-5-14-6-4-8/h1-2,8H,3-7H2. The van der Waals surface area contributed by atoms with E-state index < -0.39 is 0 Å². The highest BCUT2D eigenvalue weighted by atomic mass is 79.9. The molecule has 0 aromatic carbocycles. The van der Waals surface area contributed by atoms with Crippen LogP contribution in [0, 0.1) is 5.92 Å². The number of hydrogen-bond acceptors (Lipinski definition) is 3. The fourth-order valence-corrected chi connectivity index (χ4v) is 3.11. The Bertz CT molecular complexity index is 342. The first kappa shape index (κ1) is 11.3. The van der Waals surface area contributed by atoms with Crippen molar-refractivity contribution in [3.05, 3.63) is 20.8 Å². The zero-order valence-corrected chi connectivity index (χ0v) is 10.8. The van der Waals surface area contributed by atoms with Gasteiger partial charge in [0.15, 0.2) is 5.78 Å². The molecule has 2 heterocycles. The number of rotatable bonds is 3. The van der Waals surface area contributed by atoms with E-state index in [0.29, 0.717) is 12.3 Å². The van der Waals surface area contributed by atoms with Crippen LogP contribution in [0.2, 0.25) is 0 Å². The summed E-state index contributed by atoms with van der Waals surface area (Å²) in [5, 5.41) is 0. The van der Waals surface area contributed by atoms with Gasteiger partial charge in [0.1, 0.15) is 0 Å². The summed E-state index contributed by atoms with van der Waals surface area (Å²) in [4.78, 5) is 12.7. The lowest BCUT2D eigenvalue weighted by Crippen LogP contribution is -2.18. The highest BCUT2D eigenvalue weighted by Gasteiger charge is 2.19.